The van der Waals surface area contributed by atoms with Gasteiger partial charge in [-0.1, -0.05) is 18.0 Å². The Bertz CT molecular complexity index is 191. The van der Waals surface area contributed by atoms with E-state index in [1.165, 1.54) is 0 Å². The molecule has 0 radical (unpaired) electrons. The van der Waals surface area contributed by atoms with Crippen LogP contribution in [0.2, 0.25) is 0 Å². The van der Waals surface area contributed by atoms with Crippen LogP contribution in [0.15, 0.2) is 0 Å². The number of nitrogens with zero attached hydrogens (tertiary/aromatic N) is 2. The van der Waals surface area contributed by atoms with Crippen molar-refractivity contribution in [3.63, 3.8) is 0 Å². The molecule has 0 aliphatic heterocycles. The third-order valence-corrected chi connectivity index (χ3v) is 2.39. The molecule has 0 aliphatic carbocycles. The smallest absolute Gasteiger partial charge is 0.0635 e. The van der Waals surface area contributed by atoms with Crippen LogP contribution in [0.5, 0.6) is 0 Å². The summed E-state index contributed by atoms with van der Waals surface area (Å²) in [6.07, 6.45) is 1.16. The molecule has 0 heterocycles. The molecule has 4 nitrogen and oxygen atoms in total. The van der Waals surface area contributed by atoms with Gasteiger partial charge in [-0.3, -0.25) is 4.21 Å². The van der Waals surface area contributed by atoms with Crippen molar-refractivity contribution in [2.45, 2.75) is 19.8 Å². The summed E-state index contributed by atoms with van der Waals surface area (Å²) >= 11 is -1.93. The summed E-state index contributed by atoms with van der Waals surface area (Å²) in [5, 5.41) is 8.35. The van der Waals surface area contributed by atoms with Crippen LogP contribution in [0, 0.1) is 11.3 Å². The average Bonchev–Trinajstić information content (AvgIpc) is 2.10. The molecule has 0 amide bonds. The van der Waals surface area contributed by atoms with E-state index in [1.54, 1.807) is 0 Å². The maximum Gasteiger partial charge on any atom is 0.0635 e. The zero-order valence-electron chi connectivity index (χ0n) is 7.86. The molecule has 0 aromatic carbocycles. The number of nitriles is 1. The fraction of sp³-hybridized carbons (Fsp3) is 0.875. The zero-order chi connectivity index (χ0) is 10.1. The lowest BCUT2D eigenvalue weighted by Gasteiger charge is -2.18. The highest BCUT2D eigenvalue weighted by Crippen LogP contribution is 1.94. The lowest BCUT2D eigenvalue weighted by Crippen LogP contribution is -2.26. The maximum atomic E-state index is 10.2. The lowest BCUT2D eigenvalue weighted by molar-refractivity contribution is 0.295. The highest BCUT2D eigenvalue weighted by atomic mass is 32.2. The highest BCUT2D eigenvalue weighted by Gasteiger charge is 2.00. The SMILES string of the molecule is CCN(CCC#N)CCCS(=O)[O-]. The fourth-order valence-electron chi connectivity index (χ4n) is 1.04. The van der Waals surface area contributed by atoms with E-state index < -0.39 is 11.1 Å². The molecule has 5 heteroatoms. The predicted molar refractivity (Wildman–Crippen MR) is 50.7 cm³/mol. The third-order valence-electron chi connectivity index (χ3n) is 1.77. The van der Waals surface area contributed by atoms with E-state index >= 15 is 0 Å². The molecule has 0 aromatic rings. The monoisotopic (exact) mass is 203 g/mol. The molecule has 0 fully saturated rings. The Morgan fingerprint density at radius 1 is 1.54 bits per heavy atom. The molecule has 1 unspecified atom stereocenters. The molecular formula is C8H15N2O2S-. The van der Waals surface area contributed by atoms with Gasteiger partial charge in [0.1, 0.15) is 0 Å². The Hall–Kier alpha value is -0.440. The standard InChI is InChI=1S/C8H16N2O2S/c1-2-10(6-3-5-9)7-4-8-13(11)12/h2-4,6-8H2,1H3,(H,11,12)/p-1. The zero-order valence-corrected chi connectivity index (χ0v) is 8.68. The predicted octanol–water partition coefficient (Wildman–Crippen LogP) is 0.491. The number of hydrogen-bond donors (Lipinski definition) is 0. The molecule has 76 valence electrons. The van der Waals surface area contributed by atoms with Crippen molar-refractivity contribution in [3.05, 3.63) is 0 Å². The lowest BCUT2D eigenvalue weighted by atomic mass is 10.3. The second-order valence-corrected chi connectivity index (χ2v) is 3.72. The van der Waals surface area contributed by atoms with Crippen LogP contribution < -0.4 is 0 Å². The topological polar surface area (TPSA) is 67.2 Å². The van der Waals surface area contributed by atoms with Gasteiger partial charge in [-0.25, -0.2) is 0 Å². The second kappa shape index (κ2) is 8.17. The molecule has 0 spiro atoms. The maximum absolute atomic E-state index is 10.2. The molecule has 0 bridgehead atoms. The minimum Gasteiger partial charge on any atom is -0.772 e. The Labute approximate surface area is 81.8 Å². The Morgan fingerprint density at radius 2 is 2.23 bits per heavy atom. The molecule has 0 saturated heterocycles. The molecule has 0 aliphatic rings. The van der Waals surface area contributed by atoms with Crippen molar-refractivity contribution >= 4 is 11.1 Å². The Balaban J connectivity index is 3.48. The van der Waals surface area contributed by atoms with Crippen LogP contribution in [-0.4, -0.2) is 39.0 Å². The van der Waals surface area contributed by atoms with Crippen LogP contribution in [0.4, 0.5) is 0 Å². The molecule has 0 aromatic heterocycles. The Morgan fingerprint density at radius 3 is 2.69 bits per heavy atom. The minimum absolute atomic E-state index is 0.211. The summed E-state index contributed by atoms with van der Waals surface area (Å²) in [5.41, 5.74) is 0. The summed E-state index contributed by atoms with van der Waals surface area (Å²) < 4.78 is 20.4. The largest absolute Gasteiger partial charge is 0.772 e. The summed E-state index contributed by atoms with van der Waals surface area (Å²) in [5.74, 6) is 0.211. The molecule has 0 saturated carbocycles. The summed E-state index contributed by atoms with van der Waals surface area (Å²) in [6.45, 7) is 4.36. The first-order chi connectivity index (χ1) is 6.20. The molecule has 0 rings (SSSR count). The van der Waals surface area contributed by atoms with Gasteiger partial charge < -0.3 is 9.45 Å². The van der Waals surface area contributed by atoms with Crippen LogP contribution in [0.25, 0.3) is 0 Å². The normalized spacial score (nSPS) is 12.8. The van der Waals surface area contributed by atoms with Gasteiger partial charge in [-0.15, -0.1) is 0 Å². The first-order valence-corrected chi connectivity index (χ1v) is 5.60. The minimum atomic E-state index is -1.93. The highest BCUT2D eigenvalue weighted by molar-refractivity contribution is 7.79. The van der Waals surface area contributed by atoms with Gasteiger partial charge >= 0.3 is 0 Å². The first kappa shape index (κ1) is 12.6. The number of hydrogen-bond acceptors (Lipinski definition) is 4. The van der Waals surface area contributed by atoms with E-state index in [4.69, 9.17) is 5.26 Å². The summed E-state index contributed by atoms with van der Waals surface area (Å²) in [7, 11) is 0. The van der Waals surface area contributed by atoms with Crippen molar-refractivity contribution < 1.29 is 8.76 Å². The van der Waals surface area contributed by atoms with Gasteiger partial charge in [0.05, 0.1) is 6.07 Å². The summed E-state index contributed by atoms with van der Waals surface area (Å²) in [4.78, 5) is 2.08. The van der Waals surface area contributed by atoms with Crippen LogP contribution >= 0.6 is 0 Å². The van der Waals surface area contributed by atoms with Gasteiger partial charge in [0.2, 0.25) is 0 Å². The van der Waals surface area contributed by atoms with E-state index in [9.17, 15) is 8.76 Å². The van der Waals surface area contributed by atoms with E-state index in [1.807, 2.05) is 6.92 Å². The van der Waals surface area contributed by atoms with E-state index in [2.05, 4.69) is 11.0 Å². The number of rotatable bonds is 7. The van der Waals surface area contributed by atoms with Crippen LogP contribution in [0.3, 0.4) is 0 Å². The summed E-state index contributed by atoms with van der Waals surface area (Å²) in [6, 6.07) is 2.07. The first-order valence-electron chi connectivity index (χ1n) is 4.35. The molecular weight excluding hydrogens is 188 g/mol. The molecule has 1 atom stereocenters. The van der Waals surface area contributed by atoms with Gasteiger partial charge in [0.25, 0.3) is 0 Å². The van der Waals surface area contributed by atoms with Crippen molar-refractivity contribution in [1.82, 2.24) is 4.90 Å². The van der Waals surface area contributed by atoms with Gasteiger partial charge in [-0.2, -0.15) is 5.26 Å². The van der Waals surface area contributed by atoms with Crippen molar-refractivity contribution in [2.24, 2.45) is 0 Å². The van der Waals surface area contributed by atoms with Crippen LogP contribution in [0.1, 0.15) is 19.8 Å². The van der Waals surface area contributed by atoms with Gasteiger partial charge in [0, 0.05) is 18.7 Å². The van der Waals surface area contributed by atoms with Crippen molar-refractivity contribution in [3.8, 4) is 6.07 Å². The molecule has 13 heavy (non-hydrogen) atoms. The van der Waals surface area contributed by atoms with Crippen molar-refractivity contribution in [1.29, 1.82) is 5.26 Å². The molecule has 0 N–H and O–H groups in total. The average molecular weight is 203 g/mol. The fourth-order valence-corrected chi connectivity index (χ4v) is 1.41. The third kappa shape index (κ3) is 7.91. The Kier molecular flexibility index (Phi) is 7.90. The van der Waals surface area contributed by atoms with E-state index in [-0.39, 0.29) is 5.75 Å². The second-order valence-electron chi connectivity index (χ2n) is 2.70. The van der Waals surface area contributed by atoms with Gasteiger partial charge in [-0.05, 0) is 19.5 Å². The van der Waals surface area contributed by atoms with E-state index in [0.29, 0.717) is 12.8 Å². The van der Waals surface area contributed by atoms with Gasteiger partial charge in [0.15, 0.2) is 0 Å². The quantitative estimate of drug-likeness (QED) is 0.565. The van der Waals surface area contributed by atoms with E-state index in [0.717, 1.165) is 19.6 Å². The van der Waals surface area contributed by atoms with Crippen LogP contribution in [-0.2, 0) is 11.1 Å². The van der Waals surface area contributed by atoms with Crippen molar-refractivity contribution in [2.75, 3.05) is 25.4 Å².